The molecule has 0 aromatic heterocycles. The number of hydrogen-bond donors (Lipinski definition) is 2. The minimum Gasteiger partial charge on any atom is -0.494 e. The van der Waals surface area contributed by atoms with E-state index in [2.05, 4.69) is 10.6 Å². The highest BCUT2D eigenvalue weighted by Crippen LogP contribution is 2.34. The molecule has 2 aromatic carbocycles. The number of ether oxygens (including phenoxy) is 2. The summed E-state index contributed by atoms with van der Waals surface area (Å²) in [6.07, 6.45) is 0. The molecule has 0 heterocycles. The molecule has 0 radical (unpaired) electrons. The second-order valence-corrected chi connectivity index (χ2v) is 4.65. The standard InChI is InChI=1S/C15H14ClFN2O3/c1-21-12-4-3-5-13(22-2)14(12)19-15(20)18-9-6-7-11(17)10(16)8-9/h3-8H,1-2H3,(H2,18,19,20). The van der Waals surface area contributed by atoms with Gasteiger partial charge >= 0.3 is 6.03 Å². The number of rotatable bonds is 4. The number of halogens is 2. The highest BCUT2D eigenvalue weighted by molar-refractivity contribution is 6.31. The quantitative estimate of drug-likeness (QED) is 0.888. The maximum Gasteiger partial charge on any atom is 0.323 e. The summed E-state index contributed by atoms with van der Waals surface area (Å²) in [6, 6.07) is 8.46. The van der Waals surface area contributed by atoms with Crippen molar-refractivity contribution in [2.24, 2.45) is 0 Å². The summed E-state index contributed by atoms with van der Waals surface area (Å²) in [5.74, 6) is 0.345. The molecule has 2 rings (SSSR count). The minimum absolute atomic E-state index is 0.0762. The molecule has 5 nitrogen and oxygen atoms in total. The number of carbonyl (C=O) groups excluding carboxylic acids is 1. The zero-order valence-corrected chi connectivity index (χ0v) is 12.7. The van der Waals surface area contributed by atoms with Crippen molar-refractivity contribution in [1.29, 1.82) is 0 Å². The summed E-state index contributed by atoms with van der Waals surface area (Å²) < 4.78 is 23.4. The van der Waals surface area contributed by atoms with Crippen LogP contribution >= 0.6 is 11.6 Å². The number of hydrogen-bond acceptors (Lipinski definition) is 3. The molecule has 2 N–H and O–H groups in total. The van der Waals surface area contributed by atoms with E-state index in [1.54, 1.807) is 18.2 Å². The van der Waals surface area contributed by atoms with Gasteiger partial charge in [-0.2, -0.15) is 0 Å². The van der Waals surface area contributed by atoms with Crippen molar-refractivity contribution in [2.75, 3.05) is 24.9 Å². The van der Waals surface area contributed by atoms with Crippen LogP contribution in [0.2, 0.25) is 5.02 Å². The van der Waals surface area contributed by atoms with Crippen LogP contribution in [0.1, 0.15) is 0 Å². The Morgan fingerprint density at radius 1 is 1.09 bits per heavy atom. The predicted octanol–water partition coefficient (Wildman–Crippen LogP) is 4.14. The van der Waals surface area contributed by atoms with E-state index >= 15 is 0 Å². The molecule has 0 spiro atoms. The SMILES string of the molecule is COc1cccc(OC)c1NC(=O)Nc1ccc(F)c(Cl)c1. The monoisotopic (exact) mass is 324 g/mol. The fourth-order valence-electron chi connectivity index (χ4n) is 1.82. The maximum atomic E-state index is 13.1. The average Bonchev–Trinajstić information content (AvgIpc) is 2.51. The van der Waals surface area contributed by atoms with Crippen molar-refractivity contribution >= 4 is 29.0 Å². The van der Waals surface area contributed by atoms with Gasteiger partial charge in [-0.25, -0.2) is 9.18 Å². The Kier molecular flexibility index (Phi) is 5.06. The Bertz CT molecular complexity index is 672. The normalized spacial score (nSPS) is 10.0. The van der Waals surface area contributed by atoms with Crippen LogP contribution in [-0.2, 0) is 0 Å². The topological polar surface area (TPSA) is 59.6 Å². The molecule has 0 saturated heterocycles. The first-order chi connectivity index (χ1) is 10.5. The lowest BCUT2D eigenvalue weighted by Crippen LogP contribution is -2.20. The Morgan fingerprint density at radius 3 is 2.27 bits per heavy atom. The van der Waals surface area contributed by atoms with Gasteiger partial charge in [0.1, 0.15) is 23.0 Å². The molecule has 0 bridgehead atoms. The fraction of sp³-hybridized carbons (Fsp3) is 0.133. The highest BCUT2D eigenvalue weighted by atomic mass is 35.5. The van der Waals surface area contributed by atoms with Gasteiger partial charge in [0.25, 0.3) is 0 Å². The van der Waals surface area contributed by atoms with Gasteiger partial charge < -0.3 is 20.1 Å². The molecule has 22 heavy (non-hydrogen) atoms. The van der Waals surface area contributed by atoms with Crippen LogP contribution in [0.5, 0.6) is 11.5 Å². The Morgan fingerprint density at radius 2 is 1.73 bits per heavy atom. The van der Waals surface area contributed by atoms with E-state index in [1.807, 2.05) is 0 Å². The van der Waals surface area contributed by atoms with Gasteiger partial charge in [0.2, 0.25) is 0 Å². The Labute approximate surface area is 132 Å². The van der Waals surface area contributed by atoms with E-state index in [0.717, 1.165) is 0 Å². The summed E-state index contributed by atoms with van der Waals surface area (Å²) in [5, 5.41) is 5.10. The first-order valence-corrected chi connectivity index (χ1v) is 6.67. The number of amides is 2. The van der Waals surface area contributed by atoms with Gasteiger partial charge in [0.05, 0.1) is 19.2 Å². The molecule has 0 aliphatic rings. The molecule has 116 valence electrons. The number of methoxy groups -OCH3 is 2. The predicted molar refractivity (Wildman–Crippen MR) is 83.6 cm³/mol. The average molecular weight is 325 g/mol. The third kappa shape index (κ3) is 3.59. The lowest BCUT2D eigenvalue weighted by atomic mass is 10.2. The number of urea groups is 1. The van der Waals surface area contributed by atoms with E-state index in [4.69, 9.17) is 21.1 Å². The Hall–Kier alpha value is -2.47. The Balaban J connectivity index is 2.17. The maximum absolute atomic E-state index is 13.1. The van der Waals surface area contributed by atoms with Gasteiger partial charge in [-0.15, -0.1) is 0 Å². The molecule has 0 aliphatic heterocycles. The van der Waals surface area contributed by atoms with Crippen molar-refractivity contribution in [1.82, 2.24) is 0 Å². The van der Waals surface area contributed by atoms with Crippen LogP contribution in [0, 0.1) is 5.82 Å². The van der Waals surface area contributed by atoms with E-state index in [0.29, 0.717) is 22.9 Å². The zero-order valence-electron chi connectivity index (χ0n) is 11.9. The van der Waals surface area contributed by atoms with Crippen molar-refractivity contribution < 1.29 is 18.7 Å². The van der Waals surface area contributed by atoms with E-state index in [1.165, 1.54) is 32.4 Å². The van der Waals surface area contributed by atoms with Crippen LogP contribution in [0.4, 0.5) is 20.6 Å². The molecule has 2 amide bonds. The molecule has 2 aromatic rings. The largest absolute Gasteiger partial charge is 0.494 e. The molecular formula is C15H14ClFN2O3. The van der Waals surface area contributed by atoms with Gasteiger partial charge in [-0.3, -0.25) is 0 Å². The van der Waals surface area contributed by atoms with Crippen molar-refractivity contribution in [3.05, 3.63) is 47.2 Å². The van der Waals surface area contributed by atoms with Crippen LogP contribution in [-0.4, -0.2) is 20.3 Å². The van der Waals surface area contributed by atoms with Gasteiger partial charge in [0, 0.05) is 5.69 Å². The summed E-state index contributed by atoms with van der Waals surface area (Å²) in [4.78, 5) is 12.0. The fourth-order valence-corrected chi connectivity index (χ4v) is 2.00. The number of nitrogens with one attached hydrogen (secondary N) is 2. The third-order valence-electron chi connectivity index (χ3n) is 2.84. The van der Waals surface area contributed by atoms with Gasteiger partial charge in [0.15, 0.2) is 0 Å². The number of benzene rings is 2. The molecule has 0 unspecified atom stereocenters. The second kappa shape index (κ2) is 7.00. The molecule has 0 saturated carbocycles. The lowest BCUT2D eigenvalue weighted by molar-refractivity contribution is 0.262. The van der Waals surface area contributed by atoms with Crippen molar-refractivity contribution in [3.63, 3.8) is 0 Å². The summed E-state index contributed by atoms with van der Waals surface area (Å²) in [7, 11) is 2.97. The lowest BCUT2D eigenvalue weighted by Gasteiger charge is -2.14. The van der Waals surface area contributed by atoms with Crippen molar-refractivity contribution in [3.8, 4) is 11.5 Å². The highest BCUT2D eigenvalue weighted by Gasteiger charge is 2.13. The number of carbonyl (C=O) groups is 1. The van der Waals surface area contributed by atoms with Crippen LogP contribution < -0.4 is 20.1 Å². The second-order valence-electron chi connectivity index (χ2n) is 4.25. The van der Waals surface area contributed by atoms with E-state index in [9.17, 15) is 9.18 Å². The molecule has 0 fully saturated rings. The number of para-hydroxylation sites is 1. The van der Waals surface area contributed by atoms with E-state index < -0.39 is 11.8 Å². The van der Waals surface area contributed by atoms with Gasteiger partial charge in [-0.05, 0) is 30.3 Å². The smallest absolute Gasteiger partial charge is 0.323 e. The molecule has 7 heteroatoms. The number of anilines is 2. The summed E-state index contributed by atoms with van der Waals surface area (Å²) in [5.41, 5.74) is 0.746. The zero-order chi connectivity index (χ0) is 16.1. The van der Waals surface area contributed by atoms with Crippen molar-refractivity contribution in [2.45, 2.75) is 0 Å². The molecular weight excluding hydrogens is 311 g/mol. The minimum atomic E-state index is -0.556. The van der Waals surface area contributed by atoms with Crippen LogP contribution in [0.3, 0.4) is 0 Å². The summed E-state index contributed by atoms with van der Waals surface area (Å²) in [6.45, 7) is 0. The van der Waals surface area contributed by atoms with Crippen LogP contribution in [0.25, 0.3) is 0 Å². The van der Waals surface area contributed by atoms with Crippen LogP contribution in [0.15, 0.2) is 36.4 Å². The summed E-state index contributed by atoms with van der Waals surface area (Å²) >= 11 is 5.67. The van der Waals surface area contributed by atoms with E-state index in [-0.39, 0.29) is 5.02 Å². The third-order valence-corrected chi connectivity index (χ3v) is 3.13. The molecule has 0 atom stereocenters. The first-order valence-electron chi connectivity index (χ1n) is 6.29. The molecule has 0 aliphatic carbocycles. The van der Waals surface area contributed by atoms with Gasteiger partial charge in [-0.1, -0.05) is 17.7 Å². The first kappa shape index (κ1) is 15.9.